The number of piperazine rings is 1. The van der Waals surface area contributed by atoms with Gasteiger partial charge in [-0.15, -0.1) is 0 Å². The summed E-state index contributed by atoms with van der Waals surface area (Å²) in [6.07, 6.45) is -0.613. The third-order valence-corrected chi connectivity index (χ3v) is 4.86. The maximum absolute atomic E-state index is 12.7. The number of para-hydroxylation sites is 1. The van der Waals surface area contributed by atoms with Crippen LogP contribution in [0.5, 0.6) is 0 Å². The molecule has 3 N–H and O–H groups in total. The van der Waals surface area contributed by atoms with Crippen molar-refractivity contribution in [2.75, 3.05) is 26.2 Å². The normalized spacial score (nSPS) is 18.8. The van der Waals surface area contributed by atoms with E-state index in [2.05, 4.69) is 5.32 Å². The van der Waals surface area contributed by atoms with Crippen LogP contribution in [0, 0.1) is 0 Å². The average molecular weight is 415 g/mol. The molecule has 0 saturated carbocycles. The van der Waals surface area contributed by atoms with Crippen LogP contribution in [0.4, 0.5) is 0 Å². The number of nitrogens with zero attached hydrogens (tertiary/aromatic N) is 2. The van der Waals surface area contributed by atoms with Gasteiger partial charge in [0.2, 0.25) is 0 Å². The molecule has 0 radical (unpaired) electrons. The van der Waals surface area contributed by atoms with Crippen LogP contribution in [0.15, 0.2) is 30.3 Å². The number of esters is 2. The van der Waals surface area contributed by atoms with Crippen LogP contribution in [-0.2, 0) is 14.3 Å². The number of fused-ring (bicyclic) bond motifs is 1. The number of carbonyl (C=O) groups excluding carboxylic acids is 2. The van der Waals surface area contributed by atoms with E-state index in [4.69, 9.17) is 20.2 Å². The summed E-state index contributed by atoms with van der Waals surface area (Å²) >= 11 is 0. The quantitative estimate of drug-likeness (QED) is 0.716. The fraction of sp³-hybridized carbons (Fsp3) is 0.500. The lowest BCUT2D eigenvalue weighted by Gasteiger charge is -2.38. The summed E-state index contributed by atoms with van der Waals surface area (Å²) in [5.74, 6) is -0.742. The van der Waals surface area contributed by atoms with E-state index in [1.807, 2.05) is 43.9 Å². The molecule has 1 aromatic carbocycles. The molecule has 1 aromatic heterocycles. The van der Waals surface area contributed by atoms with Crippen LogP contribution < -0.4 is 11.1 Å². The Balaban J connectivity index is 1.94. The summed E-state index contributed by atoms with van der Waals surface area (Å²) in [4.78, 5) is 31.7. The zero-order valence-corrected chi connectivity index (χ0v) is 18.0. The predicted octanol–water partition coefficient (Wildman–Crippen LogP) is 1.98. The number of carbonyl (C=O) groups is 2. The standard InChI is InChI=1S/C22H30N4O4/c1-5-29-21(28)17-13-24-11-12-26(17)19(23)16-10-9-14-7-6-8-15(18(14)25-16)20(27)30-22(2,3)4/h6-10,17,19,24H,5,11-13,23H2,1-4H3. The van der Waals surface area contributed by atoms with E-state index >= 15 is 0 Å². The molecule has 2 aromatic rings. The monoisotopic (exact) mass is 414 g/mol. The highest BCUT2D eigenvalue weighted by atomic mass is 16.6. The minimum Gasteiger partial charge on any atom is -0.465 e. The second kappa shape index (κ2) is 9.07. The highest BCUT2D eigenvalue weighted by Crippen LogP contribution is 2.24. The predicted molar refractivity (Wildman–Crippen MR) is 114 cm³/mol. The Morgan fingerprint density at radius 3 is 2.77 bits per heavy atom. The molecule has 1 aliphatic rings. The summed E-state index contributed by atoms with van der Waals surface area (Å²) in [5.41, 5.74) is 7.41. The van der Waals surface area contributed by atoms with Gasteiger partial charge in [-0.1, -0.05) is 18.2 Å². The molecule has 30 heavy (non-hydrogen) atoms. The molecule has 0 aliphatic carbocycles. The van der Waals surface area contributed by atoms with Crippen LogP contribution in [-0.4, -0.2) is 59.7 Å². The summed E-state index contributed by atoms with van der Waals surface area (Å²) in [5, 5.41) is 4.02. The van der Waals surface area contributed by atoms with Gasteiger partial charge in [-0.3, -0.25) is 9.69 Å². The smallest absolute Gasteiger partial charge is 0.340 e. The van der Waals surface area contributed by atoms with Crippen molar-refractivity contribution in [1.82, 2.24) is 15.2 Å². The van der Waals surface area contributed by atoms with Gasteiger partial charge in [0.05, 0.1) is 23.4 Å². The van der Waals surface area contributed by atoms with E-state index in [9.17, 15) is 9.59 Å². The summed E-state index contributed by atoms with van der Waals surface area (Å²) in [6.45, 7) is 9.31. The van der Waals surface area contributed by atoms with Gasteiger partial charge in [0.25, 0.3) is 0 Å². The largest absolute Gasteiger partial charge is 0.465 e. The number of hydrogen-bond acceptors (Lipinski definition) is 8. The molecule has 8 nitrogen and oxygen atoms in total. The first-order valence-corrected chi connectivity index (χ1v) is 10.2. The number of ether oxygens (including phenoxy) is 2. The zero-order chi connectivity index (χ0) is 21.9. The minimum absolute atomic E-state index is 0.310. The molecule has 1 saturated heterocycles. The van der Waals surface area contributed by atoms with Gasteiger partial charge in [-0.2, -0.15) is 0 Å². The summed E-state index contributed by atoms with van der Waals surface area (Å²) in [6, 6.07) is 8.61. The van der Waals surface area contributed by atoms with E-state index < -0.39 is 23.8 Å². The highest BCUT2D eigenvalue weighted by Gasteiger charge is 2.34. The van der Waals surface area contributed by atoms with Crippen LogP contribution >= 0.6 is 0 Å². The van der Waals surface area contributed by atoms with E-state index in [1.54, 1.807) is 19.1 Å². The Labute approximate surface area is 176 Å². The topological polar surface area (TPSA) is 107 Å². The van der Waals surface area contributed by atoms with Crippen LogP contribution in [0.1, 0.15) is 49.9 Å². The molecule has 1 fully saturated rings. The minimum atomic E-state index is -0.613. The first kappa shape index (κ1) is 22.1. The van der Waals surface area contributed by atoms with Crippen LogP contribution in [0.3, 0.4) is 0 Å². The van der Waals surface area contributed by atoms with Crippen molar-refractivity contribution >= 4 is 22.8 Å². The molecular formula is C22H30N4O4. The number of pyridine rings is 1. The molecule has 3 rings (SSSR count). The highest BCUT2D eigenvalue weighted by molar-refractivity contribution is 6.02. The van der Waals surface area contributed by atoms with Gasteiger partial charge >= 0.3 is 11.9 Å². The van der Waals surface area contributed by atoms with E-state index in [0.29, 0.717) is 43.0 Å². The van der Waals surface area contributed by atoms with Crippen molar-refractivity contribution < 1.29 is 19.1 Å². The van der Waals surface area contributed by atoms with Gasteiger partial charge in [-0.25, -0.2) is 9.78 Å². The molecule has 8 heteroatoms. The SMILES string of the molecule is CCOC(=O)C1CNCCN1C(N)c1ccc2cccc(C(=O)OC(C)(C)C)c2n1. The molecule has 2 unspecified atom stereocenters. The molecule has 0 amide bonds. The number of hydrogen-bond donors (Lipinski definition) is 2. The maximum atomic E-state index is 12.7. The molecule has 2 heterocycles. The van der Waals surface area contributed by atoms with E-state index in [0.717, 1.165) is 5.39 Å². The molecule has 1 aliphatic heterocycles. The fourth-order valence-corrected chi connectivity index (χ4v) is 3.50. The third kappa shape index (κ3) is 4.95. The second-order valence-electron chi connectivity index (χ2n) is 8.27. The molecule has 2 atom stereocenters. The Hall–Kier alpha value is -2.55. The van der Waals surface area contributed by atoms with Gasteiger partial charge in [0, 0.05) is 25.0 Å². The first-order valence-electron chi connectivity index (χ1n) is 10.2. The maximum Gasteiger partial charge on any atom is 0.340 e. The van der Waals surface area contributed by atoms with E-state index in [-0.39, 0.29) is 5.97 Å². The molecule has 0 bridgehead atoms. The number of nitrogens with one attached hydrogen (secondary N) is 1. The lowest BCUT2D eigenvalue weighted by molar-refractivity contribution is -0.151. The molecule has 162 valence electrons. The van der Waals surface area contributed by atoms with Crippen molar-refractivity contribution in [2.45, 2.75) is 45.5 Å². The van der Waals surface area contributed by atoms with Crippen molar-refractivity contribution in [2.24, 2.45) is 5.73 Å². The van der Waals surface area contributed by atoms with Gasteiger partial charge in [0.15, 0.2) is 0 Å². The summed E-state index contributed by atoms with van der Waals surface area (Å²) in [7, 11) is 0. The number of aromatic nitrogens is 1. The molecular weight excluding hydrogens is 384 g/mol. The van der Waals surface area contributed by atoms with Crippen molar-refractivity contribution in [3.05, 3.63) is 41.6 Å². The first-order chi connectivity index (χ1) is 14.2. The van der Waals surface area contributed by atoms with Crippen LogP contribution in [0.25, 0.3) is 10.9 Å². The average Bonchev–Trinajstić information content (AvgIpc) is 2.71. The Morgan fingerprint density at radius 1 is 1.30 bits per heavy atom. The number of benzene rings is 1. The van der Waals surface area contributed by atoms with E-state index in [1.165, 1.54) is 0 Å². The zero-order valence-electron chi connectivity index (χ0n) is 18.0. The third-order valence-electron chi connectivity index (χ3n) is 4.86. The van der Waals surface area contributed by atoms with Gasteiger partial charge in [-0.05, 0) is 39.8 Å². The lowest BCUT2D eigenvalue weighted by Crippen LogP contribution is -2.58. The Kier molecular flexibility index (Phi) is 6.70. The molecule has 0 spiro atoms. The van der Waals surface area contributed by atoms with Gasteiger partial charge < -0.3 is 20.5 Å². The second-order valence-corrected chi connectivity index (χ2v) is 8.27. The van der Waals surface area contributed by atoms with Crippen molar-refractivity contribution in [1.29, 1.82) is 0 Å². The fourth-order valence-electron chi connectivity index (χ4n) is 3.50. The number of rotatable bonds is 5. The number of nitrogens with two attached hydrogens (primary N) is 1. The Morgan fingerprint density at radius 2 is 2.07 bits per heavy atom. The van der Waals surface area contributed by atoms with Gasteiger partial charge in [0.1, 0.15) is 17.8 Å². The lowest BCUT2D eigenvalue weighted by atomic mass is 10.1. The van der Waals surface area contributed by atoms with Crippen molar-refractivity contribution in [3.63, 3.8) is 0 Å². The summed E-state index contributed by atoms with van der Waals surface area (Å²) < 4.78 is 10.7. The van der Waals surface area contributed by atoms with Crippen molar-refractivity contribution in [3.8, 4) is 0 Å². The Bertz CT molecular complexity index is 925. The van der Waals surface area contributed by atoms with Crippen LogP contribution in [0.2, 0.25) is 0 Å².